The molecule has 236 valence electrons. The maximum Gasteiger partial charge on any atom is 0.337 e. The van der Waals surface area contributed by atoms with E-state index in [2.05, 4.69) is 21.8 Å². The summed E-state index contributed by atoms with van der Waals surface area (Å²) >= 11 is 0. The van der Waals surface area contributed by atoms with Gasteiger partial charge in [0.15, 0.2) is 17.7 Å². The Morgan fingerprint density at radius 3 is 2.65 bits per heavy atom. The first-order valence-electron chi connectivity index (χ1n) is 15.1. The van der Waals surface area contributed by atoms with Crippen molar-refractivity contribution >= 4 is 17.0 Å². The van der Waals surface area contributed by atoms with Crippen molar-refractivity contribution in [3.05, 3.63) is 82.6 Å². The molecule has 1 aliphatic heterocycles. The number of rotatable bonds is 5. The molecule has 1 atom stereocenters. The molecule has 1 aromatic carbocycles. The summed E-state index contributed by atoms with van der Waals surface area (Å²) in [6, 6.07) is 7.21. The van der Waals surface area contributed by atoms with Crippen LogP contribution in [0.2, 0.25) is 0 Å². The van der Waals surface area contributed by atoms with E-state index in [-0.39, 0.29) is 5.75 Å². The number of carbonyl (C=O) groups is 1. The zero-order valence-corrected chi connectivity index (χ0v) is 27.0. The standard InChI is InChI=1S/C36H36FN5O4/c1-20-25-9-8-14-45-32(25)28(37)16-26(20)31-27-17-29(22-12-13-39-23(15-22)10-11-24-18-38-19-41(24)6)42(7)34(27)40-21(2)30(31)33(35(43)44)46-36(3,4)5/h12-13,15-19,33H,8-9,14H2,1-7H3,(H,43,44)/t33-/m0/s1. The summed E-state index contributed by atoms with van der Waals surface area (Å²) in [4.78, 5) is 26.3. The lowest BCUT2D eigenvalue weighted by Crippen LogP contribution is -2.28. The van der Waals surface area contributed by atoms with Crippen molar-refractivity contribution in [2.24, 2.45) is 14.1 Å². The Morgan fingerprint density at radius 2 is 1.96 bits per heavy atom. The maximum absolute atomic E-state index is 15.7. The normalized spacial score (nSPS) is 13.6. The van der Waals surface area contributed by atoms with Gasteiger partial charge in [-0.3, -0.25) is 0 Å². The van der Waals surface area contributed by atoms with E-state index in [0.29, 0.717) is 52.1 Å². The SMILES string of the molecule is Cc1nc2c(cc(-c3ccnc(C#Cc4cncn4C)c3)n2C)c(-c2cc(F)c3c(c2C)CCCO3)c1[C@H](OC(C)(C)C)C(=O)O. The van der Waals surface area contributed by atoms with Gasteiger partial charge < -0.3 is 23.7 Å². The van der Waals surface area contributed by atoms with E-state index in [4.69, 9.17) is 14.5 Å². The molecule has 6 rings (SSSR count). The lowest BCUT2D eigenvalue weighted by atomic mass is 9.86. The molecule has 4 aromatic heterocycles. The molecule has 0 radical (unpaired) electrons. The van der Waals surface area contributed by atoms with Crippen LogP contribution in [-0.2, 0) is 30.0 Å². The van der Waals surface area contributed by atoms with Gasteiger partial charge in [0, 0.05) is 53.6 Å². The summed E-state index contributed by atoms with van der Waals surface area (Å²) in [6.45, 7) is 9.60. The fourth-order valence-electron chi connectivity index (χ4n) is 6.11. The average Bonchev–Trinajstić information content (AvgIpc) is 3.57. The molecule has 0 fully saturated rings. The van der Waals surface area contributed by atoms with E-state index < -0.39 is 23.5 Å². The van der Waals surface area contributed by atoms with Crippen LogP contribution in [0.5, 0.6) is 5.75 Å². The third-order valence-corrected chi connectivity index (χ3v) is 8.26. The van der Waals surface area contributed by atoms with Crippen LogP contribution in [0.1, 0.15) is 67.1 Å². The van der Waals surface area contributed by atoms with Gasteiger partial charge in [-0.2, -0.15) is 0 Å². The number of carboxylic acid groups (broad SMARTS) is 1. The van der Waals surface area contributed by atoms with Crippen LogP contribution >= 0.6 is 0 Å². The van der Waals surface area contributed by atoms with Gasteiger partial charge in [-0.05, 0) is 94.7 Å². The van der Waals surface area contributed by atoms with E-state index >= 15 is 4.39 Å². The van der Waals surface area contributed by atoms with Crippen LogP contribution in [0.3, 0.4) is 0 Å². The molecule has 0 aliphatic carbocycles. The fraction of sp³-hybridized carbons (Fsp3) is 0.333. The molecule has 0 saturated heterocycles. The van der Waals surface area contributed by atoms with Crippen molar-refractivity contribution in [2.45, 2.75) is 59.2 Å². The molecule has 9 nitrogen and oxygen atoms in total. The Balaban J connectivity index is 1.62. The first-order valence-corrected chi connectivity index (χ1v) is 15.1. The number of carboxylic acids is 1. The van der Waals surface area contributed by atoms with E-state index in [1.54, 1.807) is 25.6 Å². The predicted octanol–water partition coefficient (Wildman–Crippen LogP) is 6.46. The monoisotopic (exact) mass is 621 g/mol. The number of nitrogens with zero attached hydrogens (tertiary/aromatic N) is 5. The number of hydrogen-bond donors (Lipinski definition) is 1. The van der Waals surface area contributed by atoms with Gasteiger partial charge in [0.2, 0.25) is 0 Å². The molecule has 0 spiro atoms. The summed E-state index contributed by atoms with van der Waals surface area (Å²) < 4.78 is 31.4. The van der Waals surface area contributed by atoms with Crippen LogP contribution in [0.15, 0.2) is 43.0 Å². The Morgan fingerprint density at radius 1 is 1.17 bits per heavy atom. The minimum atomic E-state index is -1.35. The van der Waals surface area contributed by atoms with Crippen LogP contribution in [0.25, 0.3) is 33.4 Å². The highest BCUT2D eigenvalue weighted by atomic mass is 19.1. The number of aliphatic carboxylic acids is 1. The second kappa shape index (κ2) is 11.7. The van der Waals surface area contributed by atoms with Crippen molar-refractivity contribution in [3.63, 3.8) is 0 Å². The number of pyridine rings is 2. The average molecular weight is 622 g/mol. The first-order chi connectivity index (χ1) is 21.8. The van der Waals surface area contributed by atoms with Crippen molar-refractivity contribution in [1.82, 2.24) is 24.1 Å². The van der Waals surface area contributed by atoms with Crippen molar-refractivity contribution in [2.75, 3.05) is 6.61 Å². The van der Waals surface area contributed by atoms with Crippen LogP contribution in [-0.4, -0.2) is 47.4 Å². The molecule has 5 heterocycles. The molecule has 46 heavy (non-hydrogen) atoms. The number of hydrogen-bond acceptors (Lipinski definition) is 6. The van der Waals surface area contributed by atoms with Gasteiger partial charge in [-0.25, -0.2) is 24.1 Å². The number of halogens is 1. The summed E-state index contributed by atoms with van der Waals surface area (Å²) in [5, 5.41) is 11.2. The Labute approximate surface area is 267 Å². The Hall–Kier alpha value is -5.01. The van der Waals surface area contributed by atoms with Crippen molar-refractivity contribution in [1.29, 1.82) is 0 Å². The largest absolute Gasteiger partial charge is 0.490 e. The van der Waals surface area contributed by atoms with Gasteiger partial charge in [-0.1, -0.05) is 0 Å². The second-order valence-electron chi connectivity index (χ2n) is 12.6. The lowest BCUT2D eigenvalue weighted by Gasteiger charge is -2.29. The molecule has 0 unspecified atom stereocenters. The Bertz CT molecular complexity index is 2080. The summed E-state index contributed by atoms with van der Waals surface area (Å²) in [5.41, 5.74) is 6.52. The van der Waals surface area contributed by atoms with E-state index in [9.17, 15) is 9.90 Å². The molecular formula is C36H36FN5O4. The molecule has 0 saturated carbocycles. The molecule has 0 amide bonds. The molecule has 0 bridgehead atoms. The number of imidazole rings is 1. The Kier molecular flexibility index (Phi) is 7.90. The van der Waals surface area contributed by atoms with Crippen molar-refractivity contribution in [3.8, 4) is 40.0 Å². The quantitative estimate of drug-likeness (QED) is 0.225. The van der Waals surface area contributed by atoms with E-state index in [0.717, 1.165) is 34.5 Å². The van der Waals surface area contributed by atoms with E-state index in [1.807, 2.05) is 69.1 Å². The maximum atomic E-state index is 15.7. The van der Waals surface area contributed by atoms with Gasteiger partial charge in [0.1, 0.15) is 17.0 Å². The highest BCUT2D eigenvalue weighted by Gasteiger charge is 2.34. The third kappa shape index (κ3) is 5.63. The fourth-order valence-corrected chi connectivity index (χ4v) is 6.11. The lowest BCUT2D eigenvalue weighted by molar-refractivity contribution is -0.160. The molecule has 1 aliphatic rings. The molecule has 1 N–H and O–H groups in total. The minimum absolute atomic E-state index is 0.266. The van der Waals surface area contributed by atoms with Gasteiger partial charge >= 0.3 is 5.97 Å². The molecule has 10 heteroatoms. The number of benzene rings is 1. The summed E-state index contributed by atoms with van der Waals surface area (Å²) in [7, 11) is 3.78. The topological polar surface area (TPSA) is 104 Å². The minimum Gasteiger partial charge on any atom is -0.490 e. The zero-order chi connectivity index (χ0) is 32.9. The summed E-state index contributed by atoms with van der Waals surface area (Å²) in [6.07, 6.45) is 5.16. The number of aromatic nitrogens is 5. The highest BCUT2D eigenvalue weighted by Crippen LogP contribution is 2.45. The first kappa shape index (κ1) is 31.0. The van der Waals surface area contributed by atoms with E-state index in [1.165, 1.54) is 6.07 Å². The molecular weight excluding hydrogens is 585 g/mol. The van der Waals surface area contributed by atoms with Crippen LogP contribution in [0, 0.1) is 31.5 Å². The van der Waals surface area contributed by atoms with Crippen LogP contribution in [0.4, 0.5) is 4.39 Å². The zero-order valence-electron chi connectivity index (χ0n) is 27.0. The van der Waals surface area contributed by atoms with Crippen LogP contribution < -0.4 is 4.74 Å². The summed E-state index contributed by atoms with van der Waals surface area (Å²) in [5.74, 6) is 4.86. The van der Waals surface area contributed by atoms with Crippen molar-refractivity contribution < 1.29 is 23.8 Å². The second-order valence-corrected chi connectivity index (χ2v) is 12.6. The molecule has 5 aromatic rings. The number of fused-ring (bicyclic) bond motifs is 2. The van der Waals surface area contributed by atoms with Gasteiger partial charge in [0.05, 0.1) is 30.4 Å². The van der Waals surface area contributed by atoms with Gasteiger partial charge in [0.25, 0.3) is 0 Å². The number of aryl methyl sites for hydroxylation is 3. The van der Waals surface area contributed by atoms with Gasteiger partial charge in [-0.15, -0.1) is 0 Å². The predicted molar refractivity (Wildman–Crippen MR) is 173 cm³/mol. The highest BCUT2D eigenvalue weighted by molar-refractivity contribution is 6.01. The number of ether oxygens (including phenoxy) is 2. The smallest absolute Gasteiger partial charge is 0.337 e. The third-order valence-electron chi connectivity index (χ3n) is 8.26.